The van der Waals surface area contributed by atoms with Gasteiger partial charge in [0.2, 0.25) is 0 Å². The van der Waals surface area contributed by atoms with Crippen molar-refractivity contribution in [2.24, 2.45) is 0 Å². The number of carboxylic acids is 1. The number of anilines is 1. The Kier molecular flexibility index (Phi) is 8.24. The van der Waals surface area contributed by atoms with E-state index in [4.69, 9.17) is 9.84 Å². The highest BCUT2D eigenvalue weighted by molar-refractivity contribution is 5.94. The molecule has 0 spiro atoms. The van der Waals surface area contributed by atoms with Crippen molar-refractivity contribution >= 4 is 28.5 Å². The third kappa shape index (κ3) is 6.26. The maximum absolute atomic E-state index is 14.0. The molecule has 2 saturated heterocycles. The number of rotatable bonds is 8. The van der Waals surface area contributed by atoms with Crippen molar-refractivity contribution in [2.45, 2.75) is 51.1 Å². The van der Waals surface area contributed by atoms with E-state index in [9.17, 15) is 27.6 Å². The lowest BCUT2D eigenvalue weighted by Crippen LogP contribution is -2.53. The Labute approximate surface area is 239 Å². The fraction of sp³-hybridized carbons (Fsp3) is 0.448. The summed E-state index contributed by atoms with van der Waals surface area (Å²) in [6.45, 7) is 3.24. The second-order valence-corrected chi connectivity index (χ2v) is 10.8. The second-order valence-electron chi connectivity index (χ2n) is 10.8. The van der Waals surface area contributed by atoms with E-state index in [1.54, 1.807) is 36.2 Å². The maximum Gasteiger partial charge on any atom is 0.416 e. The largest absolute Gasteiger partial charge is 0.480 e. The molecule has 10 nitrogen and oxygen atoms in total. The van der Waals surface area contributed by atoms with Crippen molar-refractivity contribution in [3.8, 4) is 0 Å². The Morgan fingerprint density at radius 2 is 1.79 bits per heavy atom. The number of amides is 1. The first kappa shape index (κ1) is 29.5. The summed E-state index contributed by atoms with van der Waals surface area (Å²) < 4.78 is 48.3. The minimum absolute atomic E-state index is 0.00679. The lowest BCUT2D eigenvalue weighted by molar-refractivity contribution is -0.138. The van der Waals surface area contributed by atoms with Gasteiger partial charge in [-0.15, -0.1) is 0 Å². The van der Waals surface area contributed by atoms with E-state index in [1.165, 1.54) is 6.92 Å². The van der Waals surface area contributed by atoms with Crippen LogP contribution >= 0.6 is 0 Å². The molecule has 0 atom stereocenters. The van der Waals surface area contributed by atoms with Gasteiger partial charge in [-0.25, -0.2) is 4.98 Å². The molecule has 3 aromatic rings. The summed E-state index contributed by atoms with van der Waals surface area (Å²) in [5.41, 5.74) is -0.899. The third-order valence-electron chi connectivity index (χ3n) is 7.82. The minimum atomic E-state index is -4.71. The molecule has 1 aromatic heterocycles. The molecule has 1 amide bonds. The van der Waals surface area contributed by atoms with E-state index in [0.717, 1.165) is 42.8 Å². The molecule has 5 rings (SSSR count). The fourth-order valence-electron chi connectivity index (χ4n) is 5.44. The van der Waals surface area contributed by atoms with Gasteiger partial charge >= 0.3 is 12.1 Å². The van der Waals surface area contributed by atoms with Crippen molar-refractivity contribution in [1.82, 2.24) is 19.8 Å². The number of halogens is 3. The highest BCUT2D eigenvalue weighted by Gasteiger charge is 2.35. The van der Waals surface area contributed by atoms with Gasteiger partial charge in [-0.1, -0.05) is 0 Å². The Bertz CT molecular complexity index is 1540. The standard InChI is InChI=1S/C29H32F3N5O5/c1-17-33-25-12-24(29(30,31)32)19(11-23(25)28(41)37(17)14-26(38)39)13-35(2)22-5-3-18(4-6-22)27(40)36-9-7-20(8-10-36)34-21-15-42-16-21/h3-6,11-12,20-21,34H,7-10,13-16H2,1-2H3,(H,38,39). The Morgan fingerprint density at radius 1 is 1.12 bits per heavy atom. The molecule has 2 aliphatic rings. The maximum atomic E-state index is 14.0. The molecule has 0 radical (unpaired) electrons. The van der Waals surface area contributed by atoms with Gasteiger partial charge in [0.05, 0.1) is 35.7 Å². The van der Waals surface area contributed by atoms with Crippen molar-refractivity contribution in [1.29, 1.82) is 0 Å². The summed E-state index contributed by atoms with van der Waals surface area (Å²) in [6, 6.07) is 9.39. The quantitative estimate of drug-likeness (QED) is 0.413. The number of piperidine rings is 1. The van der Waals surface area contributed by atoms with E-state index >= 15 is 0 Å². The topological polar surface area (TPSA) is 117 Å². The number of carbonyl (C=O) groups excluding carboxylic acids is 1. The van der Waals surface area contributed by atoms with Crippen LogP contribution in [0.3, 0.4) is 0 Å². The molecule has 0 aliphatic carbocycles. The number of alkyl halides is 3. The Morgan fingerprint density at radius 3 is 2.36 bits per heavy atom. The number of ether oxygens (including phenoxy) is 1. The first-order valence-corrected chi connectivity index (χ1v) is 13.7. The smallest absolute Gasteiger partial charge is 0.416 e. The van der Waals surface area contributed by atoms with Crippen LogP contribution in [-0.4, -0.2) is 76.9 Å². The van der Waals surface area contributed by atoms with Crippen molar-refractivity contribution < 1.29 is 32.6 Å². The number of hydrogen-bond acceptors (Lipinski definition) is 7. The van der Waals surface area contributed by atoms with Gasteiger partial charge in [-0.05, 0) is 61.7 Å². The SMILES string of the molecule is Cc1nc2cc(C(F)(F)F)c(CN(C)c3ccc(C(=O)N4CCC(NC5COC5)CC4)cc3)cc2c(=O)n1CC(=O)O. The summed E-state index contributed by atoms with van der Waals surface area (Å²) >= 11 is 0. The van der Waals surface area contributed by atoms with Gasteiger partial charge in [0.25, 0.3) is 11.5 Å². The average molecular weight is 588 g/mol. The summed E-state index contributed by atoms with van der Waals surface area (Å²) in [5.74, 6) is -1.35. The zero-order valence-corrected chi connectivity index (χ0v) is 23.3. The summed E-state index contributed by atoms with van der Waals surface area (Å²) in [7, 11) is 1.61. The molecular weight excluding hydrogens is 555 g/mol. The van der Waals surface area contributed by atoms with Crippen LogP contribution in [0.1, 0.15) is 40.2 Å². The Balaban J connectivity index is 1.32. The van der Waals surface area contributed by atoms with Crippen molar-refractivity contribution in [3.63, 3.8) is 0 Å². The predicted octanol–water partition coefficient (Wildman–Crippen LogP) is 3.04. The van der Waals surface area contributed by atoms with Crippen LogP contribution in [0.25, 0.3) is 10.9 Å². The van der Waals surface area contributed by atoms with Gasteiger partial charge < -0.3 is 25.0 Å². The van der Waals surface area contributed by atoms with E-state index in [2.05, 4.69) is 10.3 Å². The predicted molar refractivity (Wildman–Crippen MR) is 149 cm³/mol. The minimum Gasteiger partial charge on any atom is -0.480 e. The zero-order chi connectivity index (χ0) is 30.2. The van der Waals surface area contributed by atoms with Gasteiger partial charge in [0, 0.05) is 44.0 Å². The number of aliphatic carboxylic acids is 1. The van der Waals surface area contributed by atoms with E-state index < -0.39 is 29.8 Å². The average Bonchev–Trinajstić information content (AvgIpc) is 2.92. The molecule has 13 heteroatoms. The van der Waals surface area contributed by atoms with Crippen LogP contribution in [0.5, 0.6) is 0 Å². The van der Waals surface area contributed by atoms with Crippen LogP contribution in [0.15, 0.2) is 41.2 Å². The number of likely N-dealkylation sites (tertiary alicyclic amines) is 1. The zero-order valence-electron chi connectivity index (χ0n) is 23.3. The number of hydrogen-bond donors (Lipinski definition) is 2. The van der Waals surface area contributed by atoms with E-state index in [1.807, 2.05) is 4.90 Å². The van der Waals surface area contributed by atoms with Crippen LogP contribution in [0.4, 0.5) is 18.9 Å². The number of fused-ring (bicyclic) bond motifs is 1. The van der Waals surface area contributed by atoms with Crippen LogP contribution < -0.4 is 15.8 Å². The van der Waals surface area contributed by atoms with Crippen molar-refractivity contribution in [2.75, 3.05) is 38.3 Å². The molecule has 0 unspecified atom stereocenters. The first-order chi connectivity index (χ1) is 19.9. The summed E-state index contributed by atoms with van der Waals surface area (Å²) in [6.07, 6.45) is -3.00. The lowest BCUT2D eigenvalue weighted by Gasteiger charge is -2.37. The monoisotopic (exact) mass is 587 g/mol. The molecule has 0 bridgehead atoms. The normalized spacial score (nSPS) is 16.5. The van der Waals surface area contributed by atoms with Gasteiger partial charge in [0.1, 0.15) is 12.4 Å². The summed E-state index contributed by atoms with van der Waals surface area (Å²) in [4.78, 5) is 44.7. The second kappa shape index (κ2) is 11.7. The molecular formula is C29H32F3N5O5. The molecule has 2 aromatic carbocycles. The van der Waals surface area contributed by atoms with Gasteiger partial charge in [0.15, 0.2) is 0 Å². The number of carboxylic acid groups (broad SMARTS) is 1. The van der Waals surface area contributed by atoms with Crippen LogP contribution in [0.2, 0.25) is 0 Å². The molecule has 2 fully saturated rings. The first-order valence-electron chi connectivity index (χ1n) is 13.7. The summed E-state index contributed by atoms with van der Waals surface area (Å²) in [5, 5.41) is 12.6. The van der Waals surface area contributed by atoms with E-state index in [-0.39, 0.29) is 34.7 Å². The Hall–Kier alpha value is -3.97. The third-order valence-corrected chi connectivity index (χ3v) is 7.82. The number of nitrogens with zero attached hydrogens (tertiary/aromatic N) is 4. The molecule has 3 heterocycles. The number of aromatic nitrogens is 2. The molecule has 0 saturated carbocycles. The molecule has 42 heavy (non-hydrogen) atoms. The highest BCUT2D eigenvalue weighted by atomic mass is 19.4. The molecule has 224 valence electrons. The van der Waals surface area contributed by atoms with E-state index in [0.29, 0.717) is 36.4 Å². The van der Waals surface area contributed by atoms with Gasteiger partial charge in [-0.2, -0.15) is 13.2 Å². The number of benzene rings is 2. The van der Waals surface area contributed by atoms with Crippen molar-refractivity contribution in [3.05, 3.63) is 69.3 Å². The fourth-order valence-corrected chi connectivity index (χ4v) is 5.44. The highest BCUT2D eigenvalue weighted by Crippen LogP contribution is 2.35. The van der Waals surface area contributed by atoms with Gasteiger partial charge in [-0.3, -0.25) is 19.0 Å². The number of carbonyl (C=O) groups is 2. The van der Waals surface area contributed by atoms with Crippen LogP contribution in [-0.2, 0) is 28.8 Å². The lowest BCUT2D eigenvalue weighted by atomic mass is 10.0. The number of nitrogens with one attached hydrogen (secondary N) is 1. The molecule has 2 N–H and O–H groups in total. The molecule has 2 aliphatic heterocycles. The van der Waals surface area contributed by atoms with Crippen LogP contribution in [0, 0.1) is 6.92 Å². The number of aryl methyl sites for hydroxylation is 1.